The molecule has 1 aliphatic carbocycles. The van der Waals surface area contributed by atoms with Gasteiger partial charge in [-0.25, -0.2) is 0 Å². The molecule has 0 radical (unpaired) electrons. The molecule has 0 aromatic heterocycles. The van der Waals surface area contributed by atoms with Crippen molar-refractivity contribution in [1.82, 2.24) is 0 Å². The normalized spacial score (nSPS) is 16.7. The monoisotopic (exact) mass is 394 g/mol. The zero-order chi connectivity index (χ0) is 20.6. The van der Waals surface area contributed by atoms with Crippen molar-refractivity contribution in [2.45, 2.75) is 39.0 Å². The lowest BCUT2D eigenvalue weighted by Crippen LogP contribution is -2.36. The second kappa shape index (κ2) is 7.10. The van der Waals surface area contributed by atoms with E-state index < -0.39 is 5.41 Å². The Morgan fingerprint density at radius 1 is 0.897 bits per heavy atom. The second-order valence-electron chi connectivity index (χ2n) is 8.64. The number of rotatable bonds is 4. The molecule has 2 N–H and O–H groups in total. The Hall–Kier alpha value is -3.02. The van der Waals surface area contributed by atoms with E-state index >= 15 is 0 Å². The molecule has 2 aromatic carbocycles. The van der Waals surface area contributed by atoms with Gasteiger partial charge in [-0.3, -0.25) is 9.59 Å². The van der Waals surface area contributed by atoms with Gasteiger partial charge in [-0.15, -0.1) is 0 Å². The van der Waals surface area contributed by atoms with Crippen LogP contribution in [0.25, 0.3) is 0 Å². The van der Waals surface area contributed by atoms with Gasteiger partial charge in [0.2, 0.25) is 11.8 Å². The minimum Gasteiger partial charge on any atom is -0.486 e. The fourth-order valence-corrected chi connectivity index (χ4v) is 3.54. The van der Waals surface area contributed by atoms with Crippen LogP contribution in [0.15, 0.2) is 42.5 Å². The molecule has 0 saturated heterocycles. The van der Waals surface area contributed by atoms with Gasteiger partial charge < -0.3 is 20.1 Å². The van der Waals surface area contributed by atoms with Gasteiger partial charge in [-0.1, -0.05) is 39.0 Å². The standard InChI is InChI=1S/C23H26N2O4/c1-22(2,3)16-6-4-5-7-17(16)25-21(27)23(10-11-23)20(26)24-15-8-9-18-19(14-15)29-13-12-28-18/h4-9,14H,10-13H2,1-3H3,(H,24,26)(H,25,27). The Labute approximate surface area is 170 Å². The summed E-state index contributed by atoms with van der Waals surface area (Å²) < 4.78 is 11.1. The van der Waals surface area contributed by atoms with E-state index in [9.17, 15) is 9.59 Å². The highest BCUT2D eigenvalue weighted by Gasteiger charge is 2.56. The number of amides is 2. The Bertz CT molecular complexity index is 958. The molecule has 2 aliphatic rings. The zero-order valence-electron chi connectivity index (χ0n) is 17.0. The van der Waals surface area contributed by atoms with Crippen LogP contribution < -0.4 is 20.1 Å². The number of para-hydroxylation sites is 1. The van der Waals surface area contributed by atoms with Crippen molar-refractivity contribution in [2.24, 2.45) is 5.41 Å². The molecule has 2 amide bonds. The Balaban J connectivity index is 1.49. The molecular weight excluding hydrogens is 368 g/mol. The second-order valence-corrected chi connectivity index (χ2v) is 8.64. The molecule has 1 aliphatic heterocycles. The fourth-order valence-electron chi connectivity index (χ4n) is 3.54. The summed E-state index contributed by atoms with van der Waals surface area (Å²) in [4.78, 5) is 26.0. The van der Waals surface area contributed by atoms with E-state index in [1.165, 1.54) is 0 Å². The van der Waals surface area contributed by atoms with E-state index in [0.29, 0.717) is 43.2 Å². The maximum atomic E-state index is 13.0. The first-order valence-corrected chi connectivity index (χ1v) is 9.92. The molecule has 1 heterocycles. The number of hydrogen-bond donors (Lipinski definition) is 2. The lowest BCUT2D eigenvalue weighted by molar-refractivity contribution is -0.131. The average Bonchev–Trinajstić information content (AvgIpc) is 3.50. The van der Waals surface area contributed by atoms with Crippen molar-refractivity contribution in [2.75, 3.05) is 23.8 Å². The van der Waals surface area contributed by atoms with Crippen molar-refractivity contribution in [3.63, 3.8) is 0 Å². The molecule has 29 heavy (non-hydrogen) atoms. The number of fused-ring (bicyclic) bond motifs is 1. The largest absolute Gasteiger partial charge is 0.486 e. The molecular formula is C23H26N2O4. The van der Waals surface area contributed by atoms with Gasteiger partial charge in [0.15, 0.2) is 11.5 Å². The summed E-state index contributed by atoms with van der Waals surface area (Å²) in [6.07, 6.45) is 1.07. The van der Waals surface area contributed by atoms with Crippen molar-refractivity contribution < 1.29 is 19.1 Å². The lowest BCUT2D eigenvalue weighted by atomic mass is 9.85. The van der Waals surface area contributed by atoms with Crippen molar-refractivity contribution >= 4 is 23.2 Å². The lowest BCUT2D eigenvalue weighted by Gasteiger charge is -2.24. The molecule has 0 atom stereocenters. The predicted octanol–water partition coefficient (Wildman–Crippen LogP) is 4.11. The SMILES string of the molecule is CC(C)(C)c1ccccc1NC(=O)C1(C(=O)Nc2ccc3c(c2)OCCO3)CC1. The van der Waals surface area contributed by atoms with Crippen molar-refractivity contribution in [3.8, 4) is 11.5 Å². The third-order valence-corrected chi connectivity index (χ3v) is 5.40. The molecule has 2 aromatic rings. The molecule has 152 valence electrons. The smallest absolute Gasteiger partial charge is 0.240 e. The van der Waals surface area contributed by atoms with E-state index in [1.54, 1.807) is 18.2 Å². The molecule has 1 saturated carbocycles. The molecule has 0 unspecified atom stereocenters. The quantitative estimate of drug-likeness (QED) is 0.765. The van der Waals surface area contributed by atoms with E-state index in [2.05, 4.69) is 31.4 Å². The van der Waals surface area contributed by atoms with E-state index in [-0.39, 0.29) is 17.2 Å². The van der Waals surface area contributed by atoms with Gasteiger partial charge in [0.25, 0.3) is 0 Å². The van der Waals surface area contributed by atoms with Crippen LogP contribution in [0.3, 0.4) is 0 Å². The van der Waals surface area contributed by atoms with Crippen LogP contribution in [0.2, 0.25) is 0 Å². The highest BCUT2D eigenvalue weighted by molar-refractivity contribution is 6.17. The highest BCUT2D eigenvalue weighted by Crippen LogP contribution is 2.48. The minimum absolute atomic E-state index is 0.117. The molecule has 6 heteroatoms. The topological polar surface area (TPSA) is 76.7 Å². The van der Waals surface area contributed by atoms with Crippen LogP contribution in [-0.4, -0.2) is 25.0 Å². The summed E-state index contributed by atoms with van der Waals surface area (Å²) in [5.74, 6) is 0.707. The summed E-state index contributed by atoms with van der Waals surface area (Å²) in [6.45, 7) is 7.28. The first kappa shape index (κ1) is 19.3. The Kier molecular flexibility index (Phi) is 4.73. The maximum Gasteiger partial charge on any atom is 0.240 e. The van der Waals surface area contributed by atoms with Crippen LogP contribution in [-0.2, 0) is 15.0 Å². The van der Waals surface area contributed by atoms with Crippen molar-refractivity contribution in [3.05, 3.63) is 48.0 Å². The number of benzene rings is 2. The van der Waals surface area contributed by atoms with Crippen LogP contribution in [0.4, 0.5) is 11.4 Å². The van der Waals surface area contributed by atoms with Gasteiger partial charge in [-0.05, 0) is 42.0 Å². The predicted molar refractivity (Wildman–Crippen MR) is 112 cm³/mol. The summed E-state index contributed by atoms with van der Waals surface area (Å²) in [5, 5.41) is 5.86. The van der Waals surface area contributed by atoms with Gasteiger partial charge in [-0.2, -0.15) is 0 Å². The van der Waals surface area contributed by atoms with Crippen molar-refractivity contribution in [1.29, 1.82) is 0 Å². The highest BCUT2D eigenvalue weighted by atomic mass is 16.6. The van der Waals surface area contributed by atoms with Gasteiger partial charge in [0.05, 0.1) is 0 Å². The summed E-state index contributed by atoms with van der Waals surface area (Å²) in [7, 11) is 0. The third kappa shape index (κ3) is 3.79. The van der Waals surface area contributed by atoms with Gasteiger partial charge in [0, 0.05) is 17.4 Å². The number of ether oxygens (including phenoxy) is 2. The van der Waals surface area contributed by atoms with Crippen LogP contribution >= 0.6 is 0 Å². The Morgan fingerprint density at radius 3 is 2.24 bits per heavy atom. The zero-order valence-corrected chi connectivity index (χ0v) is 17.0. The Morgan fingerprint density at radius 2 is 1.55 bits per heavy atom. The van der Waals surface area contributed by atoms with E-state index in [0.717, 1.165) is 11.3 Å². The first-order valence-electron chi connectivity index (χ1n) is 9.92. The molecule has 0 bridgehead atoms. The summed E-state index contributed by atoms with van der Waals surface area (Å²) in [6, 6.07) is 13.0. The number of carbonyl (C=O) groups is 2. The fraction of sp³-hybridized carbons (Fsp3) is 0.391. The van der Waals surface area contributed by atoms with Gasteiger partial charge in [0.1, 0.15) is 18.6 Å². The third-order valence-electron chi connectivity index (χ3n) is 5.40. The minimum atomic E-state index is -1.03. The number of carbonyl (C=O) groups excluding carboxylic acids is 2. The summed E-state index contributed by atoms with van der Waals surface area (Å²) in [5.41, 5.74) is 1.24. The molecule has 6 nitrogen and oxygen atoms in total. The van der Waals surface area contributed by atoms with Crippen LogP contribution in [0.5, 0.6) is 11.5 Å². The average molecular weight is 394 g/mol. The molecule has 4 rings (SSSR count). The number of hydrogen-bond acceptors (Lipinski definition) is 4. The maximum absolute atomic E-state index is 13.0. The van der Waals surface area contributed by atoms with Crippen LogP contribution in [0.1, 0.15) is 39.2 Å². The number of nitrogens with one attached hydrogen (secondary N) is 2. The molecule has 0 spiro atoms. The molecule has 1 fully saturated rings. The summed E-state index contributed by atoms with van der Waals surface area (Å²) >= 11 is 0. The first-order chi connectivity index (χ1) is 13.8. The van der Waals surface area contributed by atoms with E-state index in [1.807, 2.05) is 24.3 Å². The van der Waals surface area contributed by atoms with E-state index in [4.69, 9.17) is 9.47 Å². The van der Waals surface area contributed by atoms with Crippen LogP contribution in [0, 0.1) is 5.41 Å². The number of anilines is 2. The van der Waals surface area contributed by atoms with Gasteiger partial charge >= 0.3 is 0 Å².